The Hall–Kier alpha value is -2.72. The van der Waals surface area contributed by atoms with Crippen LogP contribution in [0, 0.1) is 11.8 Å². The number of thioether (sulfide) groups is 1. The fourth-order valence-electron chi connectivity index (χ4n) is 4.99. The Labute approximate surface area is 216 Å². The van der Waals surface area contributed by atoms with Crippen LogP contribution in [0.1, 0.15) is 30.9 Å². The molecular weight excluding hydrogens is 476 g/mol. The van der Waals surface area contributed by atoms with Crippen LogP contribution in [0.5, 0.6) is 5.75 Å². The van der Waals surface area contributed by atoms with Crippen LogP contribution in [0.25, 0.3) is 10.9 Å². The topological polar surface area (TPSA) is 96.8 Å². The third-order valence-electron chi connectivity index (χ3n) is 6.90. The van der Waals surface area contributed by atoms with Gasteiger partial charge in [-0.25, -0.2) is 4.98 Å². The SMILES string of the molecule is CON[C@@H](CC[C@@H]1CCN(CCSc2ccccn2)C[C@@H]1C(=O)O)c1ccnc2ccc(OC)cc12. The predicted molar refractivity (Wildman–Crippen MR) is 141 cm³/mol. The lowest BCUT2D eigenvalue weighted by molar-refractivity contribution is -0.146. The highest BCUT2D eigenvalue weighted by Gasteiger charge is 2.34. The largest absolute Gasteiger partial charge is 0.497 e. The highest BCUT2D eigenvalue weighted by Crippen LogP contribution is 2.34. The number of likely N-dealkylation sites (tertiary alicyclic amines) is 1. The molecule has 0 spiro atoms. The van der Waals surface area contributed by atoms with E-state index in [0.29, 0.717) is 6.54 Å². The lowest BCUT2D eigenvalue weighted by Crippen LogP contribution is -2.44. The summed E-state index contributed by atoms with van der Waals surface area (Å²) in [4.78, 5) is 28.6. The summed E-state index contributed by atoms with van der Waals surface area (Å²) in [6.07, 6.45) is 6.02. The quantitative estimate of drug-likeness (QED) is 0.271. The second-order valence-electron chi connectivity index (χ2n) is 9.05. The minimum Gasteiger partial charge on any atom is -0.497 e. The molecule has 0 amide bonds. The van der Waals surface area contributed by atoms with Gasteiger partial charge in [-0.05, 0) is 73.7 Å². The van der Waals surface area contributed by atoms with E-state index in [1.54, 1.807) is 38.4 Å². The van der Waals surface area contributed by atoms with Gasteiger partial charge in [0.2, 0.25) is 0 Å². The molecule has 1 aromatic carbocycles. The molecule has 0 bridgehead atoms. The highest BCUT2D eigenvalue weighted by molar-refractivity contribution is 7.99. The predicted octanol–water partition coefficient (Wildman–Crippen LogP) is 4.43. The van der Waals surface area contributed by atoms with Crippen LogP contribution in [0.15, 0.2) is 59.9 Å². The molecule has 1 fully saturated rings. The van der Waals surface area contributed by atoms with Crippen molar-refractivity contribution in [2.24, 2.45) is 11.8 Å². The Morgan fingerprint density at radius 2 is 2.11 bits per heavy atom. The van der Waals surface area contributed by atoms with Crippen LogP contribution in [-0.4, -0.2) is 65.6 Å². The number of carbonyl (C=O) groups is 1. The highest BCUT2D eigenvalue weighted by atomic mass is 32.2. The molecule has 0 aliphatic carbocycles. The molecule has 192 valence electrons. The van der Waals surface area contributed by atoms with Crippen molar-refractivity contribution in [1.29, 1.82) is 0 Å². The van der Waals surface area contributed by atoms with Crippen LogP contribution < -0.4 is 10.2 Å². The second kappa shape index (κ2) is 13.0. The van der Waals surface area contributed by atoms with Gasteiger partial charge < -0.3 is 19.6 Å². The minimum atomic E-state index is -0.711. The van der Waals surface area contributed by atoms with Crippen molar-refractivity contribution >= 4 is 28.6 Å². The van der Waals surface area contributed by atoms with Gasteiger partial charge in [-0.2, -0.15) is 5.48 Å². The number of nitrogens with one attached hydrogen (secondary N) is 1. The van der Waals surface area contributed by atoms with E-state index >= 15 is 0 Å². The van der Waals surface area contributed by atoms with Crippen molar-refractivity contribution in [2.45, 2.75) is 30.3 Å². The molecule has 36 heavy (non-hydrogen) atoms. The van der Waals surface area contributed by atoms with Crippen LogP contribution in [0.3, 0.4) is 0 Å². The van der Waals surface area contributed by atoms with Crippen molar-refractivity contribution in [2.75, 3.05) is 39.6 Å². The first-order valence-electron chi connectivity index (χ1n) is 12.3. The molecule has 0 saturated carbocycles. The molecule has 3 aromatic rings. The van der Waals surface area contributed by atoms with E-state index in [1.165, 1.54) is 0 Å². The number of pyridine rings is 2. The van der Waals surface area contributed by atoms with Crippen molar-refractivity contribution in [3.63, 3.8) is 0 Å². The number of carboxylic acids is 1. The molecule has 1 aliphatic rings. The van der Waals surface area contributed by atoms with E-state index in [0.717, 1.165) is 65.3 Å². The normalized spacial score (nSPS) is 19.3. The fourth-order valence-corrected chi connectivity index (χ4v) is 5.86. The summed E-state index contributed by atoms with van der Waals surface area (Å²) >= 11 is 1.71. The number of nitrogens with zero attached hydrogens (tertiary/aromatic N) is 3. The summed E-state index contributed by atoms with van der Waals surface area (Å²) in [7, 11) is 3.26. The number of hydroxylamine groups is 1. The number of methoxy groups -OCH3 is 1. The third kappa shape index (κ3) is 6.73. The average Bonchev–Trinajstić information content (AvgIpc) is 2.91. The maximum Gasteiger partial charge on any atom is 0.308 e. The molecule has 8 nitrogen and oxygen atoms in total. The number of aromatic nitrogens is 2. The van der Waals surface area contributed by atoms with Crippen molar-refractivity contribution in [3.05, 3.63) is 60.4 Å². The zero-order valence-electron chi connectivity index (χ0n) is 20.8. The Morgan fingerprint density at radius 3 is 2.86 bits per heavy atom. The van der Waals surface area contributed by atoms with Crippen LogP contribution in [-0.2, 0) is 9.63 Å². The van der Waals surface area contributed by atoms with Gasteiger partial charge >= 0.3 is 5.97 Å². The number of rotatable bonds is 12. The van der Waals surface area contributed by atoms with Crippen molar-refractivity contribution in [3.8, 4) is 5.75 Å². The molecule has 0 unspecified atom stereocenters. The van der Waals surface area contributed by atoms with Gasteiger partial charge in [0.05, 0.1) is 36.7 Å². The Morgan fingerprint density at radius 1 is 1.22 bits per heavy atom. The molecule has 1 saturated heterocycles. The molecule has 1 aliphatic heterocycles. The van der Waals surface area contributed by atoms with Gasteiger partial charge in [0, 0.05) is 36.6 Å². The van der Waals surface area contributed by atoms with E-state index in [1.807, 2.05) is 42.5 Å². The molecule has 9 heteroatoms. The third-order valence-corrected chi connectivity index (χ3v) is 7.82. The summed E-state index contributed by atoms with van der Waals surface area (Å²) in [5.74, 6) is 0.693. The summed E-state index contributed by atoms with van der Waals surface area (Å²) in [5, 5.41) is 12.0. The van der Waals surface area contributed by atoms with Gasteiger partial charge in [0.25, 0.3) is 0 Å². The zero-order valence-corrected chi connectivity index (χ0v) is 21.6. The number of ether oxygens (including phenoxy) is 1. The number of carboxylic acid groups (broad SMARTS) is 1. The van der Waals surface area contributed by atoms with Gasteiger partial charge in [0.1, 0.15) is 5.75 Å². The number of benzene rings is 1. The maximum absolute atomic E-state index is 12.2. The lowest BCUT2D eigenvalue weighted by Gasteiger charge is -2.37. The average molecular weight is 511 g/mol. The van der Waals surface area contributed by atoms with E-state index in [4.69, 9.17) is 9.57 Å². The number of hydrogen-bond donors (Lipinski definition) is 2. The molecule has 2 aromatic heterocycles. The number of piperidine rings is 1. The molecule has 2 N–H and O–H groups in total. The molecule has 4 rings (SSSR count). The molecular formula is C27H34N4O4S. The molecule has 3 atom stereocenters. The van der Waals surface area contributed by atoms with Crippen LogP contribution in [0.4, 0.5) is 0 Å². The molecule has 3 heterocycles. The van der Waals surface area contributed by atoms with Gasteiger partial charge in [-0.1, -0.05) is 6.07 Å². The standard InChI is InChI=1S/C27H34N4O4S/c1-34-20-7-9-24-22(17-20)21(10-13-28-24)25(30-35-2)8-6-19-11-14-31(18-23(19)27(32)33)15-16-36-26-5-3-4-12-29-26/h3-5,7,9-10,12-13,17,19,23,25,30H,6,8,11,14-16,18H2,1-2H3,(H,32,33)/t19-,23+,25+/m1/s1. The summed E-state index contributed by atoms with van der Waals surface area (Å²) < 4.78 is 5.42. The van der Waals surface area contributed by atoms with E-state index in [-0.39, 0.29) is 17.9 Å². The number of hydrogen-bond acceptors (Lipinski definition) is 8. The van der Waals surface area contributed by atoms with Crippen LogP contribution >= 0.6 is 11.8 Å². The lowest BCUT2D eigenvalue weighted by atomic mass is 9.81. The smallest absolute Gasteiger partial charge is 0.308 e. The summed E-state index contributed by atoms with van der Waals surface area (Å²) in [5.41, 5.74) is 5.08. The van der Waals surface area contributed by atoms with Crippen LogP contribution in [0.2, 0.25) is 0 Å². The summed E-state index contributed by atoms with van der Waals surface area (Å²) in [6.45, 7) is 2.35. The zero-order chi connectivity index (χ0) is 25.3. The monoisotopic (exact) mass is 510 g/mol. The number of fused-ring (bicyclic) bond motifs is 1. The van der Waals surface area contributed by atoms with Crippen molar-refractivity contribution in [1.82, 2.24) is 20.3 Å². The Bertz CT molecular complexity index is 1130. The maximum atomic E-state index is 12.2. The number of aliphatic carboxylic acids is 1. The second-order valence-corrected chi connectivity index (χ2v) is 10.2. The minimum absolute atomic E-state index is 0.0881. The van der Waals surface area contributed by atoms with Gasteiger partial charge in [0.15, 0.2) is 0 Å². The van der Waals surface area contributed by atoms with Gasteiger partial charge in [-0.15, -0.1) is 11.8 Å². The Balaban J connectivity index is 1.39. The van der Waals surface area contributed by atoms with Gasteiger partial charge in [-0.3, -0.25) is 9.78 Å². The van der Waals surface area contributed by atoms with Crippen molar-refractivity contribution < 1.29 is 19.5 Å². The van der Waals surface area contributed by atoms with E-state index in [9.17, 15) is 9.90 Å². The first-order valence-corrected chi connectivity index (χ1v) is 13.3. The fraction of sp³-hybridized carbons (Fsp3) is 0.444. The van der Waals surface area contributed by atoms with E-state index < -0.39 is 5.97 Å². The molecule has 0 radical (unpaired) electrons. The summed E-state index contributed by atoms with van der Waals surface area (Å²) in [6, 6.07) is 13.6. The Kier molecular flexibility index (Phi) is 9.52. The van der Waals surface area contributed by atoms with E-state index in [2.05, 4.69) is 20.3 Å². The first-order chi connectivity index (χ1) is 17.6. The first kappa shape index (κ1) is 26.3.